The number of hydrogen-bond acceptors (Lipinski definition) is 3. The molecular formula is C14H18N2O2. The van der Waals surface area contributed by atoms with Crippen LogP contribution in [0.3, 0.4) is 0 Å². The Morgan fingerprint density at radius 2 is 2.22 bits per heavy atom. The molecule has 3 rings (SSSR count). The molecule has 0 unspecified atom stereocenters. The number of amides is 1. The highest BCUT2D eigenvalue weighted by atomic mass is 16.5. The van der Waals surface area contributed by atoms with E-state index >= 15 is 0 Å². The van der Waals surface area contributed by atoms with E-state index in [0.29, 0.717) is 12.3 Å². The molecule has 2 N–H and O–H groups in total. The molecule has 1 aliphatic carbocycles. The molecular weight excluding hydrogens is 228 g/mol. The van der Waals surface area contributed by atoms with Crippen molar-refractivity contribution in [2.75, 3.05) is 20.2 Å². The van der Waals surface area contributed by atoms with Crippen LogP contribution in [0.25, 0.3) is 0 Å². The number of carbonyl (C=O) groups is 1. The maximum Gasteiger partial charge on any atom is 0.227 e. The van der Waals surface area contributed by atoms with Gasteiger partial charge in [0.05, 0.1) is 13.5 Å². The van der Waals surface area contributed by atoms with Gasteiger partial charge in [0.2, 0.25) is 5.91 Å². The lowest BCUT2D eigenvalue weighted by Crippen LogP contribution is -2.37. The van der Waals surface area contributed by atoms with Crippen LogP contribution in [0, 0.1) is 5.92 Å². The van der Waals surface area contributed by atoms with Crippen molar-refractivity contribution >= 4 is 5.91 Å². The van der Waals surface area contributed by atoms with Crippen LogP contribution >= 0.6 is 0 Å². The van der Waals surface area contributed by atoms with E-state index < -0.39 is 0 Å². The van der Waals surface area contributed by atoms with Gasteiger partial charge in [-0.1, -0.05) is 12.1 Å². The molecule has 1 heterocycles. The zero-order valence-electron chi connectivity index (χ0n) is 10.6. The lowest BCUT2D eigenvalue weighted by atomic mass is 10.1. The first-order valence-corrected chi connectivity index (χ1v) is 6.30. The van der Waals surface area contributed by atoms with Gasteiger partial charge in [0, 0.05) is 18.6 Å². The summed E-state index contributed by atoms with van der Waals surface area (Å²) in [5.41, 5.74) is 7.06. The Labute approximate surface area is 107 Å². The third-order valence-electron chi connectivity index (χ3n) is 4.07. The predicted molar refractivity (Wildman–Crippen MR) is 68.3 cm³/mol. The molecule has 4 heteroatoms. The van der Waals surface area contributed by atoms with Crippen LogP contribution in [-0.2, 0) is 11.2 Å². The fourth-order valence-corrected chi connectivity index (χ4v) is 2.75. The van der Waals surface area contributed by atoms with Crippen molar-refractivity contribution < 1.29 is 9.53 Å². The number of methoxy groups -OCH3 is 1. The summed E-state index contributed by atoms with van der Waals surface area (Å²) in [5, 5.41) is 0. The first-order chi connectivity index (χ1) is 8.60. The summed E-state index contributed by atoms with van der Waals surface area (Å²) in [6.45, 7) is 1.57. The quantitative estimate of drug-likeness (QED) is 0.858. The molecule has 96 valence electrons. The molecule has 2 fully saturated rings. The number of carbonyl (C=O) groups excluding carboxylic acids is 1. The van der Waals surface area contributed by atoms with Crippen LogP contribution in [0.1, 0.15) is 12.0 Å². The van der Waals surface area contributed by atoms with E-state index in [1.54, 1.807) is 7.11 Å². The number of hydrogen-bond donors (Lipinski definition) is 1. The van der Waals surface area contributed by atoms with E-state index in [2.05, 4.69) is 0 Å². The summed E-state index contributed by atoms with van der Waals surface area (Å²) < 4.78 is 5.10. The molecule has 18 heavy (non-hydrogen) atoms. The van der Waals surface area contributed by atoms with Crippen molar-refractivity contribution in [1.29, 1.82) is 0 Å². The maximum absolute atomic E-state index is 12.1. The number of likely N-dealkylation sites (tertiary alicyclic amines) is 1. The number of nitrogens with two attached hydrogens (primary N) is 1. The Hall–Kier alpha value is -1.55. The fourth-order valence-electron chi connectivity index (χ4n) is 2.75. The van der Waals surface area contributed by atoms with Crippen LogP contribution < -0.4 is 10.5 Å². The predicted octanol–water partition coefficient (Wildman–Crippen LogP) is 0.797. The van der Waals surface area contributed by atoms with Gasteiger partial charge in [0.25, 0.3) is 0 Å². The topological polar surface area (TPSA) is 55.6 Å². The van der Waals surface area contributed by atoms with Gasteiger partial charge in [-0.05, 0) is 30.0 Å². The van der Waals surface area contributed by atoms with Gasteiger partial charge < -0.3 is 15.4 Å². The van der Waals surface area contributed by atoms with Gasteiger partial charge in [0.15, 0.2) is 0 Å². The maximum atomic E-state index is 12.1. The zero-order chi connectivity index (χ0) is 12.8. The minimum absolute atomic E-state index is 0.0600. The van der Waals surface area contributed by atoms with Crippen molar-refractivity contribution in [2.24, 2.45) is 11.7 Å². The second-order valence-corrected chi connectivity index (χ2v) is 5.43. The number of fused-ring (bicyclic) bond motifs is 1. The average molecular weight is 246 g/mol. The number of piperidine rings is 1. The first kappa shape index (κ1) is 11.5. The molecule has 4 nitrogen and oxygen atoms in total. The van der Waals surface area contributed by atoms with Gasteiger partial charge in [0.1, 0.15) is 5.75 Å². The van der Waals surface area contributed by atoms with Crippen molar-refractivity contribution in [3.63, 3.8) is 0 Å². The smallest absolute Gasteiger partial charge is 0.227 e. The van der Waals surface area contributed by atoms with Gasteiger partial charge in [-0.25, -0.2) is 0 Å². The summed E-state index contributed by atoms with van der Waals surface area (Å²) in [4.78, 5) is 14.0. The van der Waals surface area contributed by atoms with Gasteiger partial charge in [-0.2, -0.15) is 0 Å². The molecule has 1 aromatic rings. The van der Waals surface area contributed by atoms with Crippen LogP contribution in [0.5, 0.6) is 5.75 Å². The Kier molecular flexibility index (Phi) is 2.55. The van der Waals surface area contributed by atoms with Gasteiger partial charge in [-0.15, -0.1) is 0 Å². The Morgan fingerprint density at radius 1 is 1.50 bits per heavy atom. The third-order valence-corrected chi connectivity index (χ3v) is 4.07. The molecule has 1 aromatic carbocycles. The Balaban J connectivity index is 1.60. The highest BCUT2D eigenvalue weighted by molar-refractivity contribution is 5.79. The molecule has 2 aliphatic rings. The van der Waals surface area contributed by atoms with Crippen molar-refractivity contribution in [1.82, 2.24) is 4.90 Å². The number of nitrogens with zero attached hydrogens (tertiary/aromatic N) is 1. The van der Waals surface area contributed by atoms with Crippen molar-refractivity contribution in [3.8, 4) is 5.75 Å². The molecule has 1 aliphatic heterocycles. The zero-order valence-corrected chi connectivity index (χ0v) is 10.6. The molecule has 0 aromatic heterocycles. The number of ether oxygens (including phenoxy) is 1. The minimum atomic E-state index is -0.0600. The van der Waals surface area contributed by atoms with Crippen LogP contribution in [0.15, 0.2) is 24.3 Å². The summed E-state index contributed by atoms with van der Waals surface area (Å²) in [6, 6.07) is 7.64. The van der Waals surface area contributed by atoms with Crippen LogP contribution in [-0.4, -0.2) is 36.5 Å². The van der Waals surface area contributed by atoms with Crippen molar-refractivity contribution in [2.45, 2.75) is 18.4 Å². The summed E-state index contributed by atoms with van der Waals surface area (Å²) in [5.74, 6) is 1.53. The van der Waals surface area contributed by atoms with E-state index in [4.69, 9.17) is 10.5 Å². The average Bonchev–Trinajstić information content (AvgIpc) is 2.88. The summed E-state index contributed by atoms with van der Waals surface area (Å²) >= 11 is 0. The monoisotopic (exact) mass is 246 g/mol. The van der Waals surface area contributed by atoms with Gasteiger partial charge in [-0.3, -0.25) is 4.79 Å². The molecule has 0 radical (unpaired) electrons. The molecule has 0 spiro atoms. The molecule has 1 amide bonds. The molecule has 0 bridgehead atoms. The largest absolute Gasteiger partial charge is 0.497 e. The SMILES string of the molecule is COc1ccc(CC(=O)N2C[C@H]3C[C@]3(N)C2)cc1. The normalized spacial score (nSPS) is 29.0. The highest BCUT2D eigenvalue weighted by Gasteiger charge is 2.58. The Morgan fingerprint density at radius 3 is 2.78 bits per heavy atom. The van der Waals surface area contributed by atoms with Gasteiger partial charge >= 0.3 is 0 Å². The molecule has 2 atom stereocenters. The van der Waals surface area contributed by atoms with Crippen LogP contribution in [0.4, 0.5) is 0 Å². The second-order valence-electron chi connectivity index (χ2n) is 5.43. The summed E-state index contributed by atoms with van der Waals surface area (Å²) in [6.07, 6.45) is 1.53. The molecule has 1 saturated heterocycles. The number of benzene rings is 1. The molecule has 1 saturated carbocycles. The first-order valence-electron chi connectivity index (χ1n) is 6.30. The summed E-state index contributed by atoms with van der Waals surface area (Å²) in [7, 11) is 1.64. The fraction of sp³-hybridized carbons (Fsp3) is 0.500. The minimum Gasteiger partial charge on any atom is -0.497 e. The van der Waals surface area contributed by atoms with Crippen LogP contribution in [0.2, 0.25) is 0 Å². The highest BCUT2D eigenvalue weighted by Crippen LogP contribution is 2.47. The van der Waals surface area contributed by atoms with E-state index in [0.717, 1.165) is 30.8 Å². The lowest BCUT2D eigenvalue weighted by molar-refractivity contribution is -0.130. The van der Waals surface area contributed by atoms with E-state index in [-0.39, 0.29) is 11.4 Å². The Bertz CT molecular complexity index is 471. The van der Waals surface area contributed by atoms with E-state index in [1.165, 1.54) is 0 Å². The van der Waals surface area contributed by atoms with Crippen molar-refractivity contribution in [3.05, 3.63) is 29.8 Å². The van der Waals surface area contributed by atoms with E-state index in [1.807, 2.05) is 29.2 Å². The van der Waals surface area contributed by atoms with E-state index in [9.17, 15) is 4.79 Å². The third kappa shape index (κ3) is 1.97. The number of rotatable bonds is 3. The lowest BCUT2D eigenvalue weighted by Gasteiger charge is -2.19. The second kappa shape index (κ2) is 3.99. The standard InChI is InChI=1S/C14H18N2O2/c1-18-12-4-2-10(3-5-12)6-13(17)16-8-11-7-14(11,15)9-16/h2-5,11H,6-9,15H2,1H3/t11-,14+/m1/s1.